The van der Waals surface area contributed by atoms with Crippen LogP contribution in [0.5, 0.6) is 0 Å². The molecule has 0 bridgehead atoms. The van der Waals surface area contributed by atoms with Crippen LogP contribution >= 0.6 is 25.3 Å². The van der Waals surface area contributed by atoms with Gasteiger partial charge < -0.3 is 9.47 Å². The van der Waals surface area contributed by atoms with Crippen molar-refractivity contribution in [3.8, 4) is 0 Å². The smallest absolute Gasteiger partial charge is 0.306 e. The molecule has 0 radical (unpaired) electrons. The number of carbonyl (C=O) groups is 2. The Bertz CT molecular complexity index is 732. The summed E-state index contributed by atoms with van der Waals surface area (Å²) in [6, 6.07) is 0. The molecule has 48 heavy (non-hydrogen) atoms. The second-order valence-electron chi connectivity index (χ2n) is 15.0. The fraction of sp³-hybridized carbons (Fsp3) is 0.952. The molecule has 0 spiro atoms. The summed E-state index contributed by atoms with van der Waals surface area (Å²) in [5.41, 5.74) is 0. The molecule has 4 unspecified atom stereocenters. The zero-order valence-electron chi connectivity index (χ0n) is 31.9. The molecule has 1 aliphatic rings. The third-order valence-electron chi connectivity index (χ3n) is 11.0. The lowest BCUT2D eigenvalue weighted by atomic mass is 9.61. The van der Waals surface area contributed by atoms with Crippen molar-refractivity contribution in [1.29, 1.82) is 0 Å². The molecule has 0 heterocycles. The predicted octanol–water partition coefficient (Wildman–Crippen LogP) is 13.2. The molecule has 1 aliphatic carbocycles. The van der Waals surface area contributed by atoms with Crippen molar-refractivity contribution in [2.24, 2.45) is 23.7 Å². The summed E-state index contributed by atoms with van der Waals surface area (Å²) in [6.45, 7) is 5.81. The maximum absolute atomic E-state index is 11.6. The molecule has 0 aliphatic heterocycles. The van der Waals surface area contributed by atoms with Gasteiger partial charge in [-0.3, -0.25) is 9.59 Å². The first kappa shape index (κ1) is 45.7. The Morgan fingerprint density at radius 2 is 0.771 bits per heavy atom. The van der Waals surface area contributed by atoms with E-state index in [1.54, 1.807) is 0 Å². The minimum Gasteiger partial charge on any atom is -0.466 e. The molecule has 284 valence electrons. The lowest BCUT2D eigenvalue weighted by molar-refractivity contribution is -0.144. The molecule has 1 rings (SSSR count). The lowest BCUT2D eigenvalue weighted by Gasteiger charge is -2.44. The highest BCUT2D eigenvalue weighted by Gasteiger charge is 2.37. The number of unbranched alkanes of at least 4 members (excludes halogenated alkanes) is 18. The summed E-state index contributed by atoms with van der Waals surface area (Å²) in [4.78, 5) is 23.1. The van der Waals surface area contributed by atoms with Crippen molar-refractivity contribution in [3.05, 3.63) is 0 Å². The van der Waals surface area contributed by atoms with E-state index in [0.29, 0.717) is 37.6 Å². The van der Waals surface area contributed by atoms with Gasteiger partial charge in [0.25, 0.3) is 0 Å². The van der Waals surface area contributed by atoms with Crippen LogP contribution < -0.4 is 0 Å². The van der Waals surface area contributed by atoms with Crippen molar-refractivity contribution in [3.63, 3.8) is 0 Å². The van der Waals surface area contributed by atoms with E-state index in [1.807, 2.05) is 0 Å². The van der Waals surface area contributed by atoms with Gasteiger partial charge in [-0.15, -0.1) is 0 Å². The monoisotopic (exact) mass is 713 g/mol. The van der Waals surface area contributed by atoms with Gasteiger partial charge in [-0.25, -0.2) is 0 Å². The Kier molecular flexibility index (Phi) is 32.1. The minimum atomic E-state index is -0.107. The van der Waals surface area contributed by atoms with E-state index in [9.17, 15) is 9.59 Å². The number of esters is 2. The van der Waals surface area contributed by atoms with Gasteiger partial charge in [0.05, 0.1) is 26.1 Å². The van der Waals surface area contributed by atoms with Gasteiger partial charge in [-0.2, -0.15) is 25.3 Å². The molecule has 0 amide bonds. The van der Waals surface area contributed by atoms with Gasteiger partial charge in [0.1, 0.15) is 0 Å². The lowest BCUT2D eigenvalue weighted by Crippen LogP contribution is -2.35. The van der Waals surface area contributed by atoms with E-state index >= 15 is 0 Å². The molecule has 0 N–H and O–H groups in total. The summed E-state index contributed by atoms with van der Waals surface area (Å²) in [6.07, 6.45) is 38.7. The molecule has 4 atom stereocenters. The van der Waals surface area contributed by atoms with E-state index in [2.05, 4.69) is 39.1 Å². The number of ether oxygens (including phenoxy) is 2. The summed E-state index contributed by atoms with van der Waals surface area (Å²) in [5, 5.41) is 0. The fourth-order valence-corrected chi connectivity index (χ4v) is 8.63. The van der Waals surface area contributed by atoms with E-state index in [-0.39, 0.29) is 11.9 Å². The first-order valence-corrected chi connectivity index (χ1v) is 22.4. The normalized spacial score (nSPS) is 19.4. The Hall–Kier alpha value is -0.360. The van der Waals surface area contributed by atoms with Crippen molar-refractivity contribution in [2.75, 3.05) is 24.7 Å². The Labute approximate surface area is 310 Å². The van der Waals surface area contributed by atoms with Crippen LogP contribution in [0.2, 0.25) is 0 Å². The van der Waals surface area contributed by atoms with Gasteiger partial charge in [0.15, 0.2) is 0 Å². The molecule has 1 saturated carbocycles. The van der Waals surface area contributed by atoms with Crippen molar-refractivity contribution >= 4 is 37.2 Å². The third kappa shape index (κ3) is 24.7. The van der Waals surface area contributed by atoms with Crippen LogP contribution in [0.4, 0.5) is 0 Å². The first-order valence-electron chi connectivity index (χ1n) is 21.1. The SMILES string of the molecule is CCCCCCCCC1C(CCCCCC)CCC(CCCCCCCCOC(=O)CCS)C1CCCCCCCCOC(=O)CCS. The van der Waals surface area contributed by atoms with Crippen LogP contribution in [0, 0.1) is 23.7 Å². The number of thiol groups is 2. The van der Waals surface area contributed by atoms with Gasteiger partial charge >= 0.3 is 11.9 Å². The van der Waals surface area contributed by atoms with Crippen molar-refractivity contribution in [2.45, 2.75) is 206 Å². The van der Waals surface area contributed by atoms with Gasteiger partial charge in [0.2, 0.25) is 0 Å². The average Bonchev–Trinajstić information content (AvgIpc) is 3.08. The van der Waals surface area contributed by atoms with Gasteiger partial charge in [0, 0.05) is 11.5 Å². The number of carbonyl (C=O) groups excluding carboxylic acids is 2. The van der Waals surface area contributed by atoms with Crippen LogP contribution in [0.3, 0.4) is 0 Å². The second kappa shape index (κ2) is 33.8. The largest absolute Gasteiger partial charge is 0.466 e. The molecule has 0 aromatic heterocycles. The molecule has 0 saturated heterocycles. The topological polar surface area (TPSA) is 52.6 Å². The molecule has 0 aromatic rings. The number of hydrogen-bond donors (Lipinski definition) is 2. The first-order chi connectivity index (χ1) is 23.6. The van der Waals surface area contributed by atoms with Crippen molar-refractivity contribution in [1.82, 2.24) is 0 Å². The Balaban J connectivity index is 2.62. The second-order valence-corrected chi connectivity index (χ2v) is 15.9. The van der Waals surface area contributed by atoms with Crippen LogP contribution in [0.25, 0.3) is 0 Å². The summed E-state index contributed by atoms with van der Waals surface area (Å²) >= 11 is 8.22. The maximum atomic E-state index is 11.6. The Morgan fingerprint density at radius 3 is 1.15 bits per heavy atom. The summed E-state index contributed by atoms with van der Waals surface area (Å²) in [7, 11) is 0. The molecule has 1 fully saturated rings. The zero-order chi connectivity index (χ0) is 34.9. The summed E-state index contributed by atoms with van der Waals surface area (Å²) in [5.74, 6) is 4.71. The minimum absolute atomic E-state index is 0.105. The highest BCUT2D eigenvalue weighted by molar-refractivity contribution is 7.80. The molecule has 0 aromatic carbocycles. The maximum Gasteiger partial charge on any atom is 0.306 e. The van der Waals surface area contributed by atoms with E-state index in [1.165, 1.54) is 167 Å². The van der Waals surface area contributed by atoms with E-state index in [0.717, 1.165) is 36.5 Å². The highest BCUT2D eigenvalue weighted by Crippen LogP contribution is 2.47. The summed E-state index contributed by atoms with van der Waals surface area (Å²) < 4.78 is 10.6. The number of rotatable bonds is 34. The molecular weight excluding hydrogens is 633 g/mol. The predicted molar refractivity (Wildman–Crippen MR) is 213 cm³/mol. The van der Waals surface area contributed by atoms with Crippen LogP contribution in [-0.2, 0) is 19.1 Å². The highest BCUT2D eigenvalue weighted by atomic mass is 32.1. The quantitative estimate of drug-likeness (QED) is 0.0396. The number of hydrogen-bond acceptors (Lipinski definition) is 6. The van der Waals surface area contributed by atoms with Crippen LogP contribution in [0.1, 0.15) is 206 Å². The van der Waals surface area contributed by atoms with Gasteiger partial charge in [-0.05, 0) is 62.2 Å². The van der Waals surface area contributed by atoms with Gasteiger partial charge in [-0.1, -0.05) is 155 Å². The van der Waals surface area contributed by atoms with Crippen LogP contribution in [-0.4, -0.2) is 36.7 Å². The van der Waals surface area contributed by atoms with Crippen LogP contribution in [0.15, 0.2) is 0 Å². The zero-order valence-corrected chi connectivity index (χ0v) is 33.7. The van der Waals surface area contributed by atoms with Crippen molar-refractivity contribution < 1.29 is 19.1 Å². The fourth-order valence-electron chi connectivity index (χ4n) is 8.27. The average molecular weight is 713 g/mol. The van der Waals surface area contributed by atoms with E-state index < -0.39 is 0 Å². The molecule has 6 heteroatoms. The van der Waals surface area contributed by atoms with E-state index in [4.69, 9.17) is 9.47 Å². The third-order valence-corrected chi connectivity index (χ3v) is 11.5. The standard InChI is InChI=1S/C42H80O4S2/c1-3-5-7-9-15-21-27-39-37(25-19-8-6-4-2)29-30-38(26-20-14-10-12-17-23-33-45-41(43)31-35-47)40(39)28-22-16-11-13-18-24-34-46-42(44)32-36-48/h37-40,47-48H,3-36H2,1-2H3. The molecular formula is C42H80O4S2. The Morgan fingerprint density at radius 1 is 0.458 bits per heavy atom. The molecule has 4 nitrogen and oxygen atoms in total.